The Hall–Kier alpha value is -2.24. The summed E-state index contributed by atoms with van der Waals surface area (Å²) in [6.45, 7) is 7.81. The summed E-state index contributed by atoms with van der Waals surface area (Å²) in [7, 11) is 1.75. The van der Waals surface area contributed by atoms with Gasteiger partial charge in [0.1, 0.15) is 5.75 Å². The number of benzene rings is 1. The molecule has 3 N–H and O–H groups in total. The third-order valence-electron chi connectivity index (χ3n) is 4.36. The van der Waals surface area contributed by atoms with E-state index in [1.165, 1.54) is 5.56 Å². The molecule has 6 heteroatoms. The lowest BCUT2D eigenvalue weighted by Gasteiger charge is -2.19. The molecule has 0 heterocycles. The highest BCUT2D eigenvalue weighted by atomic mass is 16.5. The number of hydrogen-bond donors (Lipinski definition) is 3. The summed E-state index contributed by atoms with van der Waals surface area (Å²) in [6, 6.07) is 8.71. The summed E-state index contributed by atoms with van der Waals surface area (Å²) in [5.74, 6) is 2.30. The van der Waals surface area contributed by atoms with Crippen molar-refractivity contribution in [2.75, 3.05) is 20.2 Å². The van der Waals surface area contributed by atoms with E-state index in [9.17, 15) is 4.79 Å². The zero-order valence-corrected chi connectivity index (χ0v) is 17.0. The Balaban J connectivity index is 1.70. The maximum absolute atomic E-state index is 11.7. The molecule has 1 unspecified atom stereocenters. The van der Waals surface area contributed by atoms with Crippen LogP contribution in [0.4, 0.5) is 0 Å². The van der Waals surface area contributed by atoms with Gasteiger partial charge in [-0.15, -0.1) is 0 Å². The van der Waals surface area contributed by atoms with E-state index in [1.807, 2.05) is 12.1 Å². The molecule has 0 aromatic heterocycles. The fourth-order valence-electron chi connectivity index (χ4n) is 2.58. The van der Waals surface area contributed by atoms with Crippen molar-refractivity contribution in [3.05, 3.63) is 29.8 Å². The van der Waals surface area contributed by atoms with Gasteiger partial charge in [0.25, 0.3) is 0 Å². The fourth-order valence-corrected chi connectivity index (χ4v) is 2.58. The lowest BCUT2D eigenvalue weighted by molar-refractivity contribution is -0.121. The van der Waals surface area contributed by atoms with Crippen LogP contribution in [0.25, 0.3) is 0 Å². The molecule has 150 valence electrons. The Labute approximate surface area is 163 Å². The maximum atomic E-state index is 11.7. The highest BCUT2D eigenvalue weighted by molar-refractivity contribution is 5.80. The van der Waals surface area contributed by atoms with Crippen LogP contribution in [-0.2, 0) is 4.79 Å². The number of guanidine groups is 1. The number of nitrogens with one attached hydrogen (secondary N) is 3. The molecular formula is C21H34N4O2. The molecule has 0 radical (unpaired) electrons. The van der Waals surface area contributed by atoms with Crippen LogP contribution in [-0.4, -0.2) is 38.1 Å². The molecule has 1 amide bonds. The molecular weight excluding hydrogens is 340 g/mol. The van der Waals surface area contributed by atoms with Gasteiger partial charge in [-0.3, -0.25) is 9.79 Å². The van der Waals surface area contributed by atoms with E-state index in [1.54, 1.807) is 7.05 Å². The highest BCUT2D eigenvalue weighted by Crippen LogP contribution is 2.19. The van der Waals surface area contributed by atoms with Gasteiger partial charge in [-0.05, 0) is 49.8 Å². The number of hydrogen-bond acceptors (Lipinski definition) is 3. The predicted molar refractivity (Wildman–Crippen MR) is 110 cm³/mol. The van der Waals surface area contributed by atoms with Gasteiger partial charge in [0.2, 0.25) is 5.91 Å². The minimum absolute atomic E-state index is 0.119. The largest absolute Gasteiger partial charge is 0.493 e. The van der Waals surface area contributed by atoms with Gasteiger partial charge in [0, 0.05) is 26.1 Å². The zero-order chi connectivity index (χ0) is 19.6. The second-order valence-electron chi connectivity index (χ2n) is 7.58. The monoisotopic (exact) mass is 374 g/mol. The number of aliphatic imine (C=N–C) groups is 1. The van der Waals surface area contributed by atoms with E-state index in [0.29, 0.717) is 24.9 Å². The van der Waals surface area contributed by atoms with Crippen molar-refractivity contribution < 1.29 is 9.53 Å². The van der Waals surface area contributed by atoms with Crippen LogP contribution >= 0.6 is 0 Å². The van der Waals surface area contributed by atoms with E-state index < -0.39 is 0 Å². The molecule has 0 spiro atoms. The zero-order valence-electron chi connectivity index (χ0n) is 17.0. The van der Waals surface area contributed by atoms with Gasteiger partial charge >= 0.3 is 0 Å². The Bertz CT molecular complexity index is 609. The van der Waals surface area contributed by atoms with Crippen LogP contribution in [0.15, 0.2) is 29.3 Å². The van der Waals surface area contributed by atoms with Crippen molar-refractivity contribution in [2.45, 2.75) is 58.5 Å². The molecule has 0 saturated heterocycles. The third-order valence-corrected chi connectivity index (χ3v) is 4.36. The molecule has 1 atom stereocenters. The summed E-state index contributed by atoms with van der Waals surface area (Å²) in [5.41, 5.74) is 1.17. The smallest absolute Gasteiger partial charge is 0.220 e. The summed E-state index contributed by atoms with van der Waals surface area (Å²) in [6.07, 6.45) is 3.59. The SMILES string of the molecule is CN=C(NCCCC(=O)NC1CC1)NC(C)c1ccc(OCC(C)C)cc1. The summed E-state index contributed by atoms with van der Waals surface area (Å²) in [5, 5.41) is 9.66. The average molecular weight is 375 g/mol. The second kappa shape index (κ2) is 10.8. The molecule has 2 rings (SSSR count). The second-order valence-corrected chi connectivity index (χ2v) is 7.58. The molecule has 1 fully saturated rings. The van der Waals surface area contributed by atoms with E-state index in [2.05, 4.69) is 53.8 Å². The maximum Gasteiger partial charge on any atom is 0.220 e. The van der Waals surface area contributed by atoms with Crippen molar-refractivity contribution >= 4 is 11.9 Å². The van der Waals surface area contributed by atoms with Crippen molar-refractivity contribution in [3.8, 4) is 5.75 Å². The first kappa shape index (κ1) is 21.1. The number of rotatable bonds is 10. The van der Waals surface area contributed by atoms with Gasteiger partial charge in [-0.1, -0.05) is 26.0 Å². The first-order valence-electron chi connectivity index (χ1n) is 9.97. The number of carbonyl (C=O) groups is 1. The van der Waals surface area contributed by atoms with Crippen molar-refractivity contribution in [2.24, 2.45) is 10.9 Å². The van der Waals surface area contributed by atoms with E-state index in [0.717, 1.165) is 37.6 Å². The standard InChI is InChI=1S/C21H34N4O2/c1-15(2)14-27-19-11-7-17(8-12-19)16(3)24-21(22-4)23-13-5-6-20(26)25-18-9-10-18/h7-8,11-12,15-16,18H,5-6,9-10,13-14H2,1-4H3,(H,25,26)(H2,22,23,24). The van der Waals surface area contributed by atoms with Crippen molar-refractivity contribution in [1.29, 1.82) is 0 Å². The first-order chi connectivity index (χ1) is 13.0. The van der Waals surface area contributed by atoms with Gasteiger partial charge in [0.15, 0.2) is 5.96 Å². The van der Waals surface area contributed by atoms with Gasteiger partial charge < -0.3 is 20.7 Å². The van der Waals surface area contributed by atoms with Gasteiger partial charge in [-0.25, -0.2) is 0 Å². The molecule has 1 aromatic rings. The molecule has 27 heavy (non-hydrogen) atoms. The lowest BCUT2D eigenvalue weighted by atomic mass is 10.1. The fraction of sp³-hybridized carbons (Fsp3) is 0.619. The van der Waals surface area contributed by atoms with Gasteiger partial charge in [0.05, 0.1) is 12.6 Å². The Kier molecular flexibility index (Phi) is 8.43. The minimum Gasteiger partial charge on any atom is -0.493 e. The van der Waals surface area contributed by atoms with Crippen LogP contribution in [0, 0.1) is 5.92 Å². The molecule has 0 bridgehead atoms. The van der Waals surface area contributed by atoms with Crippen LogP contribution in [0.3, 0.4) is 0 Å². The summed E-state index contributed by atoms with van der Waals surface area (Å²) >= 11 is 0. The quantitative estimate of drug-likeness (QED) is 0.334. The van der Waals surface area contributed by atoms with Crippen LogP contribution < -0.4 is 20.7 Å². The molecule has 1 aliphatic rings. The molecule has 6 nitrogen and oxygen atoms in total. The Morgan fingerprint density at radius 2 is 1.93 bits per heavy atom. The molecule has 0 aliphatic heterocycles. The average Bonchev–Trinajstić information content (AvgIpc) is 3.46. The number of ether oxygens (including phenoxy) is 1. The summed E-state index contributed by atoms with van der Waals surface area (Å²) < 4.78 is 5.73. The van der Waals surface area contributed by atoms with Crippen LogP contribution in [0.5, 0.6) is 5.75 Å². The highest BCUT2D eigenvalue weighted by Gasteiger charge is 2.22. The first-order valence-corrected chi connectivity index (χ1v) is 9.97. The molecule has 1 aromatic carbocycles. The van der Waals surface area contributed by atoms with Crippen molar-refractivity contribution in [3.63, 3.8) is 0 Å². The summed E-state index contributed by atoms with van der Waals surface area (Å²) in [4.78, 5) is 16.0. The number of amides is 1. The number of carbonyl (C=O) groups excluding carboxylic acids is 1. The van der Waals surface area contributed by atoms with E-state index in [-0.39, 0.29) is 11.9 Å². The predicted octanol–water partition coefficient (Wildman–Crippen LogP) is 3.01. The van der Waals surface area contributed by atoms with E-state index in [4.69, 9.17) is 4.74 Å². The molecule has 1 aliphatic carbocycles. The number of nitrogens with zero attached hydrogens (tertiary/aromatic N) is 1. The van der Waals surface area contributed by atoms with Crippen LogP contribution in [0.1, 0.15) is 58.1 Å². The Morgan fingerprint density at radius 1 is 1.22 bits per heavy atom. The van der Waals surface area contributed by atoms with Crippen molar-refractivity contribution in [1.82, 2.24) is 16.0 Å². The van der Waals surface area contributed by atoms with Crippen LogP contribution in [0.2, 0.25) is 0 Å². The topological polar surface area (TPSA) is 74.8 Å². The lowest BCUT2D eigenvalue weighted by Crippen LogP contribution is -2.39. The molecule has 1 saturated carbocycles. The Morgan fingerprint density at radius 3 is 2.52 bits per heavy atom. The normalized spacial score (nSPS) is 15.4. The van der Waals surface area contributed by atoms with Gasteiger partial charge in [-0.2, -0.15) is 0 Å². The third kappa shape index (κ3) is 8.33. The minimum atomic E-state index is 0.119. The van der Waals surface area contributed by atoms with E-state index >= 15 is 0 Å².